The van der Waals surface area contributed by atoms with Crippen LogP contribution in [0.1, 0.15) is 63.1 Å². The van der Waals surface area contributed by atoms with Gasteiger partial charge in [0.1, 0.15) is 5.60 Å². The van der Waals surface area contributed by atoms with E-state index in [1.54, 1.807) is 24.0 Å². The van der Waals surface area contributed by atoms with E-state index in [2.05, 4.69) is 57.7 Å². The average molecular weight is 696 g/mol. The minimum Gasteiger partial charge on any atom is -0.478 e. The monoisotopic (exact) mass is 695 g/mol. The highest BCUT2D eigenvalue weighted by atomic mass is 16.6. The lowest BCUT2D eigenvalue weighted by Crippen LogP contribution is -2.46. The van der Waals surface area contributed by atoms with E-state index in [4.69, 9.17) is 9.26 Å². The van der Waals surface area contributed by atoms with Crippen molar-refractivity contribution in [3.63, 3.8) is 0 Å². The SMILES string of the molecule is C=C(/C=C\C(C(=O)O)=C(/C)C1=CCN(C(=O)OC(C)(C)C)CC1)c1ccccc1.Cc1cccc(CCCN2CCN(c3nc(C)no3)CC2)c1. The summed E-state index contributed by atoms with van der Waals surface area (Å²) < 4.78 is 10.6. The molecule has 0 atom stereocenters. The van der Waals surface area contributed by atoms with Gasteiger partial charge in [0.05, 0.1) is 5.57 Å². The van der Waals surface area contributed by atoms with Crippen LogP contribution >= 0.6 is 0 Å². The van der Waals surface area contributed by atoms with E-state index in [1.807, 2.05) is 64.1 Å². The van der Waals surface area contributed by atoms with Crippen molar-refractivity contribution in [3.05, 3.63) is 119 Å². The summed E-state index contributed by atoms with van der Waals surface area (Å²) in [5, 5.41) is 13.5. The number of anilines is 1. The fraction of sp³-hybridized carbons (Fsp3) is 0.415. The van der Waals surface area contributed by atoms with Gasteiger partial charge in [0.2, 0.25) is 0 Å². The van der Waals surface area contributed by atoms with Crippen LogP contribution in [0.2, 0.25) is 0 Å². The van der Waals surface area contributed by atoms with Crippen LogP contribution in [0.4, 0.5) is 10.8 Å². The molecule has 1 saturated heterocycles. The third-order valence-corrected chi connectivity index (χ3v) is 8.75. The molecule has 1 N–H and O–H groups in total. The number of nitrogens with zero attached hydrogens (tertiary/aromatic N) is 5. The van der Waals surface area contributed by atoms with E-state index in [0.29, 0.717) is 36.9 Å². The normalized spacial score (nSPS) is 15.8. The molecule has 2 aromatic carbocycles. The zero-order valence-electron chi connectivity index (χ0n) is 31.0. The minimum absolute atomic E-state index is 0.221. The van der Waals surface area contributed by atoms with E-state index < -0.39 is 11.6 Å². The summed E-state index contributed by atoms with van der Waals surface area (Å²) >= 11 is 0. The van der Waals surface area contributed by atoms with Gasteiger partial charge in [0.25, 0.3) is 0 Å². The van der Waals surface area contributed by atoms with E-state index in [0.717, 1.165) is 55.9 Å². The van der Waals surface area contributed by atoms with Gasteiger partial charge in [-0.15, -0.1) is 0 Å². The summed E-state index contributed by atoms with van der Waals surface area (Å²) in [7, 11) is 0. The Morgan fingerprint density at radius 3 is 2.31 bits per heavy atom. The highest BCUT2D eigenvalue weighted by molar-refractivity contribution is 5.92. The van der Waals surface area contributed by atoms with E-state index >= 15 is 0 Å². The molecule has 272 valence electrons. The number of aryl methyl sites for hydroxylation is 3. The van der Waals surface area contributed by atoms with Gasteiger partial charge in [-0.1, -0.05) is 84.0 Å². The maximum atomic E-state index is 12.2. The van der Waals surface area contributed by atoms with Gasteiger partial charge in [-0.25, -0.2) is 9.59 Å². The van der Waals surface area contributed by atoms with Crippen LogP contribution in [-0.2, 0) is 16.0 Å². The Morgan fingerprint density at radius 1 is 1.00 bits per heavy atom. The van der Waals surface area contributed by atoms with Crippen molar-refractivity contribution in [3.8, 4) is 0 Å². The fourth-order valence-corrected chi connectivity index (χ4v) is 5.92. The van der Waals surface area contributed by atoms with Crippen molar-refractivity contribution < 1.29 is 24.0 Å². The summed E-state index contributed by atoms with van der Waals surface area (Å²) in [6, 6.07) is 19.1. The lowest BCUT2D eigenvalue weighted by Gasteiger charge is -2.33. The topological polar surface area (TPSA) is 112 Å². The molecule has 3 aromatic rings. The van der Waals surface area contributed by atoms with E-state index in [-0.39, 0.29) is 11.7 Å². The largest absolute Gasteiger partial charge is 0.478 e. The second-order valence-electron chi connectivity index (χ2n) is 14.0. The fourth-order valence-electron chi connectivity index (χ4n) is 5.92. The molecule has 1 fully saturated rings. The van der Waals surface area contributed by atoms with Crippen LogP contribution < -0.4 is 4.90 Å². The first-order chi connectivity index (χ1) is 24.3. The number of carboxylic acids is 1. The quantitative estimate of drug-likeness (QED) is 0.169. The van der Waals surface area contributed by atoms with E-state index in [1.165, 1.54) is 17.5 Å². The van der Waals surface area contributed by atoms with Gasteiger partial charge in [-0.05, 0) is 101 Å². The second kappa shape index (κ2) is 18.3. The summed E-state index contributed by atoms with van der Waals surface area (Å²) in [6.45, 7) is 21.4. The minimum atomic E-state index is -0.991. The van der Waals surface area contributed by atoms with Crippen LogP contribution in [0.25, 0.3) is 5.57 Å². The maximum Gasteiger partial charge on any atom is 0.410 e. The van der Waals surface area contributed by atoms with Crippen molar-refractivity contribution >= 4 is 23.7 Å². The maximum absolute atomic E-state index is 12.2. The molecule has 5 rings (SSSR count). The molecule has 10 nitrogen and oxygen atoms in total. The number of ether oxygens (including phenoxy) is 1. The number of hydrogen-bond acceptors (Lipinski definition) is 8. The van der Waals surface area contributed by atoms with Gasteiger partial charge in [-0.3, -0.25) is 4.90 Å². The molecule has 0 unspecified atom stereocenters. The molecule has 0 aliphatic carbocycles. The lowest BCUT2D eigenvalue weighted by molar-refractivity contribution is -0.132. The molecule has 51 heavy (non-hydrogen) atoms. The highest BCUT2D eigenvalue weighted by Gasteiger charge is 2.25. The number of rotatable bonds is 10. The third-order valence-electron chi connectivity index (χ3n) is 8.75. The summed E-state index contributed by atoms with van der Waals surface area (Å²) in [6.07, 6.45) is 7.80. The zero-order valence-corrected chi connectivity index (χ0v) is 31.0. The predicted molar refractivity (Wildman–Crippen MR) is 203 cm³/mol. The zero-order chi connectivity index (χ0) is 37.0. The highest BCUT2D eigenvalue weighted by Crippen LogP contribution is 2.25. The molecular weight excluding hydrogens is 642 g/mol. The van der Waals surface area contributed by atoms with Crippen LogP contribution in [0.3, 0.4) is 0 Å². The Kier molecular flexibility index (Phi) is 14.0. The molecule has 0 bridgehead atoms. The smallest absolute Gasteiger partial charge is 0.410 e. The van der Waals surface area contributed by atoms with Crippen molar-refractivity contribution in [1.82, 2.24) is 19.9 Å². The van der Waals surface area contributed by atoms with Crippen molar-refractivity contribution in [2.24, 2.45) is 0 Å². The summed E-state index contributed by atoms with van der Waals surface area (Å²) in [4.78, 5) is 34.6. The number of benzene rings is 2. The first-order valence-electron chi connectivity index (χ1n) is 17.7. The molecule has 0 spiro atoms. The number of carboxylic acid groups (broad SMARTS) is 1. The van der Waals surface area contributed by atoms with Crippen molar-refractivity contribution in [2.45, 2.75) is 66.4 Å². The van der Waals surface area contributed by atoms with Crippen molar-refractivity contribution in [1.29, 1.82) is 0 Å². The molecule has 2 aliphatic heterocycles. The Labute approximate surface area is 302 Å². The van der Waals surface area contributed by atoms with Crippen LogP contribution in [-0.4, -0.2) is 88.5 Å². The molecule has 1 amide bonds. The summed E-state index contributed by atoms with van der Waals surface area (Å²) in [5.41, 5.74) is 5.77. The Hall–Kier alpha value is -4.96. The van der Waals surface area contributed by atoms with Crippen LogP contribution in [0, 0.1) is 13.8 Å². The van der Waals surface area contributed by atoms with Gasteiger partial charge in [-0.2, -0.15) is 4.98 Å². The molecule has 2 aliphatic rings. The summed E-state index contributed by atoms with van der Waals surface area (Å²) in [5.74, 6) is -0.286. The van der Waals surface area contributed by atoms with E-state index in [9.17, 15) is 14.7 Å². The first-order valence-corrected chi connectivity index (χ1v) is 17.7. The number of aliphatic carboxylic acids is 1. The molecular formula is C41H53N5O5. The van der Waals surface area contributed by atoms with Crippen molar-refractivity contribution in [2.75, 3.05) is 50.7 Å². The number of allylic oxidation sites excluding steroid dienone is 3. The number of piperazine rings is 1. The predicted octanol–water partition coefficient (Wildman–Crippen LogP) is 7.67. The standard InChI is InChI=1S/C24H29NO4.C17H24N4O/c1-17(19-9-7-6-8-10-19)11-12-21(22(26)27)18(2)20-13-15-25(16-14-20)23(28)29-24(3,4)5;1-14-5-3-6-16(13-14)7-4-8-20-9-11-21(12-10-20)17-18-15(2)19-22-17/h6-13H,1,14-16H2,2-5H3,(H,26,27);3,5-6,13H,4,7-12H2,1-2H3/b12-11-,21-18-;. The first kappa shape index (κ1) is 38.8. The number of aromatic nitrogens is 2. The van der Waals surface area contributed by atoms with Gasteiger partial charge >= 0.3 is 18.1 Å². The lowest BCUT2D eigenvalue weighted by atomic mass is 9.95. The Bertz CT molecular complexity index is 1730. The van der Waals surface area contributed by atoms with Gasteiger partial charge in [0, 0.05) is 39.3 Å². The molecule has 0 saturated carbocycles. The second-order valence-corrected chi connectivity index (χ2v) is 14.0. The number of amides is 1. The van der Waals surface area contributed by atoms with Crippen LogP contribution in [0.15, 0.2) is 101 Å². The Balaban J connectivity index is 0.000000237. The molecule has 3 heterocycles. The third kappa shape index (κ3) is 12.4. The Morgan fingerprint density at radius 2 is 1.73 bits per heavy atom. The average Bonchev–Trinajstić information content (AvgIpc) is 3.54. The number of carbonyl (C=O) groups excluding carboxylic acids is 1. The van der Waals surface area contributed by atoms with Gasteiger partial charge < -0.3 is 24.2 Å². The molecule has 1 aromatic heterocycles. The molecule has 0 radical (unpaired) electrons. The number of hydrogen-bond donors (Lipinski definition) is 1. The van der Waals surface area contributed by atoms with Crippen LogP contribution in [0.5, 0.6) is 0 Å². The molecule has 10 heteroatoms. The number of carbonyl (C=O) groups is 2. The van der Waals surface area contributed by atoms with Gasteiger partial charge in [0.15, 0.2) is 5.82 Å².